The molecule has 1 heterocycles. The molecule has 13 nitrogen and oxygen atoms in total. The van der Waals surface area contributed by atoms with Crippen LogP contribution in [0, 0.1) is 0 Å². The van der Waals surface area contributed by atoms with Gasteiger partial charge in [-0.15, -0.1) is 0 Å². The zero-order valence-electron chi connectivity index (χ0n) is 19.0. The highest BCUT2D eigenvalue weighted by atomic mass is 16.4. The average molecular weight is 494 g/mol. The quantitative estimate of drug-likeness (QED) is 0.145. The van der Waals surface area contributed by atoms with Gasteiger partial charge in [0.2, 0.25) is 23.6 Å². The topological polar surface area (TPSA) is 220 Å². The number of hydrogen-bond donors (Lipinski definition) is 8. The van der Waals surface area contributed by atoms with Crippen LogP contribution in [-0.2, 0) is 30.4 Å². The molecular weight excluding hydrogens is 462 g/mol. The van der Waals surface area contributed by atoms with Gasteiger partial charge < -0.3 is 42.3 Å². The Balaban J connectivity index is 2.20. The molecule has 0 aromatic heterocycles. The van der Waals surface area contributed by atoms with Crippen molar-refractivity contribution in [1.82, 2.24) is 21.3 Å². The molecule has 1 aromatic carbocycles. The van der Waals surface area contributed by atoms with E-state index < -0.39 is 60.4 Å². The molecule has 1 saturated heterocycles. The second-order valence-electron chi connectivity index (χ2n) is 8.23. The molecule has 192 valence electrons. The molecular formula is C22H31N5O8. The Morgan fingerprint density at radius 3 is 2.17 bits per heavy atom. The van der Waals surface area contributed by atoms with Gasteiger partial charge in [0.1, 0.15) is 23.9 Å². The molecule has 0 radical (unpaired) electrons. The smallest absolute Gasteiger partial charge is 0.328 e. The van der Waals surface area contributed by atoms with Crippen molar-refractivity contribution in [3.05, 3.63) is 29.8 Å². The van der Waals surface area contributed by atoms with Crippen molar-refractivity contribution in [2.45, 2.75) is 56.3 Å². The van der Waals surface area contributed by atoms with Crippen LogP contribution < -0.4 is 27.0 Å². The molecule has 0 spiro atoms. The highest BCUT2D eigenvalue weighted by Crippen LogP contribution is 2.12. The zero-order valence-corrected chi connectivity index (χ0v) is 19.0. The summed E-state index contributed by atoms with van der Waals surface area (Å²) in [5.41, 5.74) is 5.73. The fourth-order valence-electron chi connectivity index (χ4n) is 3.54. The largest absolute Gasteiger partial charge is 0.508 e. The van der Waals surface area contributed by atoms with Gasteiger partial charge in [0.05, 0.1) is 12.6 Å². The lowest BCUT2D eigenvalue weighted by molar-refractivity contribution is -0.143. The molecule has 4 atom stereocenters. The first-order valence-corrected chi connectivity index (χ1v) is 11.1. The SMILES string of the molecule is NC(=O)CCC(NC(=O)C1CCCN1)C(=O)NC(Cc1ccc(O)cc1)C(=O)NC(CO)C(=O)O. The predicted octanol–water partition coefficient (Wildman–Crippen LogP) is -2.52. The molecule has 1 aliphatic heterocycles. The lowest BCUT2D eigenvalue weighted by atomic mass is 10.0. The number of amides is 4. The van der Waals surface area contributed by atoms with E-state index in [-0.39, 0.29) is 25.0 Å². The molecule has 4 amide bonds. The van der Waals surface area contributed by atoms with Gasteiger partial charge in [-0.2, -0.15) is 0 Å². The van der Waals surface area contributed by atoms with Crippen molar-refractivity contribution in [2.24, 2.45) is 5.73 Å². The summed E-state index contributed by atoms with van der Waals surface area (Å²) in [5.74, 6) is -4.25. The number of carbonyl (C=O) groups excluding carboxylic acids is 4. The fourth-order valence-corrected chi connectivity index (χ4v) is 3.54. The molecule has 1 aromatic rings. The van der Waals surface area contributed by atoms with Gasteiger partial charge in [0.15, 0.2) is 0 Å². The molecule has 2 rings (SSSR count). The van der Waals surface area contributed by atoms with Gasteiger partial charge in [0, 0.05) is 12.8 Å². The third-order valence-electron chi connectivity index (χ3n) is 5.50. The fraction of sp³-hybridized carbons (Fsp3) is 0.500. The lowest BCUT2D eigenvalue weighted by Gasteiger charge is -2.25. The van der Waals surface area contributed by atoms with E-state index in [1.165, 1.54) is 24.3 Å². The number of benzene rings is 1. The van der Waals surface area contributed by atoms with E-state index in [0.29, 0.717) is 18.5 Å². The normalized spacial score (nSPS) is 17.6. The van der Waals surface area contributed by atoms with Crippen molar-refractivity contribution in [3.63, 3.8) is 0 Å². The summed E-state index contributed by atoms with van der Waals surface area (Å²) >= 11 is 0. The number of hydrogen-bond acceptors (Lipinski definition) is 8. The number of rotatable bonds is 13. The number of aromatic hydroxyl groups is 1. The van der Waals surface area contributed by atoms with Crippen molar-refractivity contribution < 1.29 is 39.3 Å². The summed E-state index contributed by atoms with van der Waals surface area (Å²) in [7, 11) is 0. The summed E-state index contributed by atoms with van der Waals surface area (Å²) in [6, 6.07) is 1.23. The molecule has 0 saturated carbocycles. The first-order valence-electron chi connectivity index (χ1n) is 11.1. The van der Waals surface area contributed by atoms with E-state index in [4.69, 9.17) is 10.8 Å². The Morgan fingerprint density at radius 2 is 1.63 bits per heavy atom. The van der Waals surface area contributed by atoms with Gasteiger partial charge in [0.25, 0.3) is 0 Å². The number of nitrogens with two attached hydrogens (primary N) is 1. The number of aliphatic carboxylic acids is 1. The molecule has 35 heavy (non-hydrogen) atoms. The van der Waals surface area contributed by atoms with Gasteiger partial charge in [-0.3, -0.25) is 19.2 Å². The average Bonchev–Trinajstić information content (AvgIpc) is 3.35. The van der Waals surface area contributed by atoms with E-state index in [9.17, 15) is 34.2 Å². The van der Waals surface area contributed by atoms with Crippen LogP contribution in [0.5, 0.6) is 5.75 Å². The number of carboxylic acids is 1. The van der Waals surface area contributed by atoms with E-state index >= 15 is 0 Å². The van der Waals surface area contributed by atoms with E-state index in [1.807, 2.05) is 0 Å². The minimum absolute atomic E-state index is 0.0141. The molecule has 0 aliphatic carbocycles. The summed E-state index contributed by atoms with van der Waals surface area (Å²) in [6.45, 7) is -0.215. The van der Waals surface area contributed by atoms with Crippen LogP contribution in [0.15, 0.2) is 24.3 Å². The number of aliphatic hydroxyl groups excluding tert-OH is 1. The molecule has 13 heteroatoms. The zero-order chi connectivity index (χ0) is 26.0. The van der Waals surface area contributed by atoms with Crippen LogP contribution in [0.2, 0.25) is 0 Å². The molecule has 4 unspecified atom stereocenters. The predicted molar refractivity (Wildman–Crippen MR) is 122 cm³/mol. The lowest BCUT2D eigenvalue weighted by Crippen LogP contribution is -2.58. The number of carbonyl (C=O) groups is 5. The van der Waals surface area contributed by atoms with Crippen molar-refractivity contribution in [1.29, 1.82) is 0 Å². The number of aliphatic hydroxyl groups is 1. The van der Waals surface area contributed by atoms with E-state index in [0.717, 1.165) is 6.42 Å². The minimum Gasteiger partial charge on any atom is -0.508 e. The number of nitrogens with one attached hydrogen (secondary N) is 4. The van der Waals surface area contributed by atoms with E-state index in [2.05, 4.69) is 21.3 Å². The molecule has 9 N–H and O–H groups in total. The highest BCUT2D eigenvalue weighted by molar-refractivity contribution is 5.94. The second-order valence-corrected chi connectivity index (χ2v) is 8.23. The number of phenols is 1. The van der Waals surface area contributed by atoms with Crippen molar-refractivity contribution >= 4 is 29.6 Å². The highest BCUT2D eigenvalue weighted by Gasteiger charge is 2.31. The first kappa shape index (κ1) is 27.5. The van der Waals surface area contributed by atoms with Gasteiger partial charge >= 0.3 is 5.97 Å². The number of primary amides is 1. The maximum atomic E-state index is 13.1. The summed E-state index contributed by atoms with van der Waals surface area (Å²) in [5, 5.41) is 38.1. The van der Waals surface area contributed by atoms with Crippen LogP contribution in [0.1, 0.15) is 31.2 Å². The standard InChI is InChI=1S/C22H31N5O8/c23-18(30)8-7-15(25-19(31)14-2-1-9-24-14)20(32)26-16(10-12-3-5-13(29)6-4-12)21(33)27-17(11-28)22(34)35/h3-6,14-17,24,28-29H,1-2,7-11H2,(H2,23,30)(H,25,31)(H,26,32)(H,27,33)(H,34,35). The minimum atomic E-state index is -1.60. The Bertz CT molecular complexity index is 917. The van der Waals surface area contributed by atoms with Crippen molar-refractivity contribution in [2.75, 3.05) is 13.2 Å². The third-order valence-corrected chi connectivity index (χ3v) is 5.50. The van der Waals surface area contributed by atoms with Gasteiger partial charge in [-0.05, 0) is 43.5 Å². The number of phenolic OH excluding ortho intramolecular Hbond substituents is 1. The summed E-state index contributed by atoms with van der Waals surface area (Å²) in [4.78, 5) is 60.9. The van der Waals surface area contributed by atoms with Crippen LogP contribution in [0.3, 0.4) is 0 Å². The Hall–Kier alpha value is -3.71. The van der Waals surface area contributed by atoms with Crippen LogP contribution in [0.4, 0.5) is 0 Å². The van der Waals surface area contributed by atoms with E-state index in [1.54, 1.807) is 0 Å². The first-order chi connectivity index (χ1) is 16.6. The third kappa shape index (κ3) is 8.87. The molecule has 1 fully saturated rings. The second kappa shape index (κ2) is 13.2. The maximum absolute atomic E-state index is 13.1. The summed E-state index contributed by atoms with van der Waals surface area (Å²) in [6.07, 6.45) is 0.981. The van der Waals surface area contributed by atoms with Crippen molar-refractivity contribution in [3.8, 4) is 5.75 Å². The molecule has 1 aliphatic rings. The van der Waals surface area contributed by atoms with Crippen LogP contribution in [-0.4, -0.2) is 82.2 Å². The molecule has 0 bridgehead atoms. The van der Waals surface area contributed by atoms with Gasteiger partial charge in [-0.1, -0.05) is 12.1 Å². The van der Waals surface area contributed by atoms with Gasteiger partial charge in [-0.25, -0.2) is 4.79 Å². The Kier molecular flexibility index (Phi) is 10.4. The Morgan fingerprint density at radius 1 is 1.00 bits per heavy atom. The van der Waals surface area contributed by atoms with Crippen LogP contribution in [0.25, 0.3) is 0 Å². The summed E-state index contributed by atoms with van der Waals surface area (Å²) < 4.78 is 0. The maximum Gasteiger partial charge on any atom is 0.328 e. The number of carboxylic acid groups (broad SMARTS) is 1. The van der Waals surface area contributed by atoms with Crippen LogP contribution >= 0.6 is 0 Å². The monoisotopic (exact) mass is 493 g/mol. The Labute approximate surface area is 201 Å².